The molecule has 0 bridgehead atoms. The molecule has 6 heteroatoms. The minimum Gasteiger partial charge on any atom is -0.504 e. The summed E-state index contributed by atoms with van der Waals surface area (Å²) >= 11 is 0. The number of phenolic OH excluding ortho intramolecular Hbond substituents is 1. The fraction of sp³-hybridized carbons (Fsp3) is 0.400. The van der Waals surface area contributed by atoms with Crippen LogP contribution in [0, 0.1) is 0 Å². The molecule has 0 aliphatic heterocycles. The van der Waals surface area contributed by atoms with E-state index in [1.165, 1.54) is 18.2 Å². The average Bonchev–Trinajstić information content (AvgIpc) is 2.06. The van der Waals surface area contributed by atoms with E-state index in [9.17, 15) is 13.5 Å². The highest BCUT2D eigenvalue weighted by Gasteiger charge is 2.08. The summed E-state index contributed by atoms with van der Waals surface area (Å²) in [5.41, 5.74) is 0.302. The number of hydrogen-bond donors (Lipinski definition) is 2. The first kappa shape index (κ1) is 12.6. The molecule has 0 atom stereocenters. The van der Waals surface area contributed by atoms with Crippen molar-refractivity contribution in [2.24, 2.45) is 0 Å². The molecule has 0 aliphatic rings. The zero-order chi connectivity index (χ0) is 12.3. The summed E-state index contributed by atoms with van der Waals surface area (Å²) in [6.45, 7) is 3.67. The van der Waals surface area contributed by atoms with Gasteiger partial charge in [0.25, 0.3) is 0 Å². The standard InChI is InChI=1S/C10H15NO4S/c1-7(2)15-10-5-4-8(6-9(10)12)11-16(3,13)14/h4-7,11-12H,1-3H3. The van der Waals surface area contributed by atoms with Crippen LogP contribution >= 0.6 is 0 Å². The predicted octanol–water partition coefficient (Wildman–Crippen LogP) is 1.55. The number of phenols is 1. The molecule has 0 unspecified atom stereocenters. The van der Waals surface area contributed by atoms with Gasteiger partial charge in [0, 0.05) is 6.07 Å². The second-order valence-electron chi connectivity index (χ2n) is 3.72. The molecule has 0 spiro atoms. The summed E-state index contributed by atoms with van der Waals surface area (Å²) in [6, 6.07) is 4.35. The number of benzene rings is 1. The average molecular weight is 245 g/mol. The highest BCUT2D eigenvalue weighted by Crippen LogP contribution is 2.30. The molecule has 1 aromatic rings. The van der Waals surface area contributed by atoms with Gasteiger partial charge < -0.3 is 9.84 Å². The lowest BCUT2D eigenvalue weighted by molar-refractivity contribution is 0.232. The topological polar surface area (TPSA) is 75.6 Å². The molecule has 5 nitrogen and oxygen atoms in total. The van der Waals surface area contributed by atoms with E-state index in [2.05, 4.69) is 4.72 Å². The van der Waals surface area contributed by atoms with Crippen molar-refractivity contribution in [3.8, 4) is 11.5 Å². The van der Waals surface area contributed by atoms with Crippen molar-refractivity contribution in [3.63, 3.8) is 0 Å². The molecule has 0 saturated heterocycles. The highest BCUT2D eigenvalue weighted by molar-refractivity contribution is 7.92. The van der Waals surface area contributed by atoms with Gasteiger partial charge in [-0.25, -0.2) is 8.42 Å². The number of anilines is 1. The largest absolute Gasteiger partial charge is 0.504 e. The second-order valence-corrected chi connectivity index (χ2v) is 5.47. The van der Waals surface area contributed by atoms with E-state index in [4.69, 9.17) is 4.74 Å². The molecule has 16 heavy (non-hydrogen) atoms. The lowest BCUT2D eigenvalue weighted by atomic mass is 10.3. The van der Waals surface area contributed by atoms with Gasteiger partial charge in [0.1, 0.15) is 0 Å². The Morgan fingerprint density at radius 2 is 2.00 bits per heavy atom. The van der Waals surface area contributed by atoms with Crippen LogP contribution in [-0.4, -0.2) is 25.9 Å². The van der Waals surface area contributed by atoms with Gasteiger partial charge in [-0.05, 0) is 26.0 Å². The fourth-order valence-corrected chi connectivity index (χ4v) is 1.70. The van der Waals surface area contributed by atoms with E-state index < -0.39 is 10.0 Å². The Morgan fingerprint density at radius 1 is 1.38 bits per heavy atom. The van der Waals surface area contributed by atoms with Gasteiger partial charge in [-0.1, -0.05) is 0 Å². The summed E-state index contributed by atoms with van der Waals surface area (Å²) in [7, 11) is -3.33. The van der Waals surface area contributed by atoms with Crippen LogP contribution in [0.3, 0.4) is 0 Å². The first-order chi connectivity index (χ1) is 7.28. The van der Waals surface area contributed by atoms with Gasteiger partial charge >= 0.3 is 0 Å². The zero-order valence-corrected chi connectivity index (χ0v) is 10.2. The van der Waals surface area contributed by atoms with Gasteiger partial charge in [0.05, 0.1) is 18.0 Å². The van der Waals surface area contributed by atoms with Crippen LogP contribution in [0.4, 0.5) is 5.69 Å². The molecule has 90 valence electrons. The van der Waals surface area contributed by atoms with Crippen molar-refractivity contribution in [1.29, 1.82) is 0 Å². The first-order valence-electron chi connectivity index (χ1n) is 4.75. The maximum atomic E-state index is 11.0. The van der Waals surface area contributed by atoms with E-state index in [1.54, 1.807) is 0 Å². The molecule has 0 aliphatic carbocycles. The van der Waals surface area contributed by atoms with Crippen molar-refractivity contribution in [2.45, 2.75) is 20.0 Å². The summed E-state index contributed by atoms with van der Waals surface area (Å²) in [5.74, 6) is 0.233. The van der Waals surface area contributed by atoms with Gasteiger partial charge in [0.15, 0.2) is 11.5 Å². The van der Waals surface area contributed by atoms with Crippen molar-refractivity contribution in [3.05, 3.63) is 18.2 Å². The van der Waals surface area contributed by atoms with Crippen LogP contribution in [0.2, 0.25) is 0 Å². The van der Waals surface area contributed by atoms with Crippen molar-refractivity contribution >= 4 is 15.7 Å². The van der Waals surface area contributed by atoms with Crippen LogP contribution in [0.1, 0.15) is 13.8 Å². The molecular weight excluding hydrogens is 230 g/mol. The molecule has 1 rings (SSSR count). The Morgan fingerprint density at radius 3 is 2.44 bits per heavy atom. The van der Waals surface area contributed by atoms with Crippen LogP contribution in [0.5, 0.6) is 11.5 Å². The van der Waals surface area contributed by atoms with Crippen molar-refractivity contribution < 1.29 is 18.3 Å². The Hall–Kier alpha value is -1.43. The maximum Gasteiger partial charge on any atom is 0.229 e. The summed E-state index contributed by atoms with van der Waals surface area (Å²) in [4.78, 5) is 0. The summed E-state index contributed by atoms with van der Waals surface area (Å²) in [6.07, 6.45) is 0.988. The second kappa shape index (κ2) is 4.61. The SMILES string of the molecule is CC(C)Oc1ccc(NS(C)(=O)=O)cc1O. The van der Waals surface area contributed by atoms with E-state index in [1.807, 2.05) is 13.8 Å². The molecule has 0 radical (unpaired) electrons. The Labute approximate surface area is 95.1 Å². The third-order valence-electron chi connectivity index (χ3n) is 1.62. The zero-order valence-electron chi connectivity index (χ0n) is 9.39. The molecule has 0 fully saturated rings. The predicted molar refractivity (Wildman–Crippen MR) is 62.3 cm³/mol. The lowest BCUT2D eigenvalue weighted by Crippen LogP contribution is -2.10. The molecule has 1 aromatic carbocycles. The van der Waals surface area contributed by atoms with Gasteiger partial charge in [-0.15, -0.1) is 0 Å². The first-order valence-corrected chi connectivity index (χ1v) is 6.64. The molecule has 0 heterocycles. The van der Waals surface area contributed by atoms with E-state index in [0.29, 0.717) is 11.4 Å². The molecule has 0 amide bonds. The van der Waals surface area contributed by atoms with E-state index >= 15 is 0 Å². The Kier molecular flexibility index (Phi) is 3.64. The van der Waals surface area contributed by atoms with Crippen molar-refractivity contribution in [2.75, 3.05) is 11.0 Å². The molecule has 0 aromatic heterocycles. The summed E-state index contributed by atoms with van der Waals surface area (Å²) in [5, 5.41) is 9.58. The Balaban J connectivity index is 2.91. The van der Waals surface area contributed by atoms with Gasteiger partial charge in [0.2, 0.25) is 10.0 Å². The van der Waals surface area contributed by atoms with Crippen molar-refractivity contribution in [1.82, 2.24) is 0 Å². The fourth-order valence-electron chi connectivity index (χ4n) is 1.15. The minimum atomic E-state index is -3.33. The number of ether oxygens (including phenoxy) is 1. The molecule has 0 saturated carbocycles. The minimum absolute atomic E-state index is 0.0559. The lowest BCUT2D eigenvalue weighted by Gasteiger charge is -2.12. The number of sulfonamides is 1. The van der Waals surface area contributed by atoms with Crippen LogP contribution in [0.15, 0.2) is 18.2 Å². The van der Waals surface area contributed by atoms with Crippen LogP contribution in [0.25, 0.3) is 0 Å². The number of aromatic hydroxyl groups is 1. The number of nitrogens with one attached hydrogen (secondary N) is 1. The van der Waals surface area contributed by atoms with Crippen LogP contribution in [-0.2, 0) is 10.0 Å². The van der Waals surface area contributed by atoms with Gasteiger partial charge in [-0.3, -0.25) is 4.72 Å². The Bertz CT molecular complexity index is 468. The smallest absolute Gasteiger partial charge is 0.229 e. The van der Waals surface area contributed by atoms with E-state index in [0.717, 1.165) is 6.26 Å². The normalized spacial score (nSPS) is 11.5. The summed E-state index contributed by atoms with van der Waals surface area (Å²) < 4.78 is 29.5. The molecular formula is C10H15NO4S. The monoisotopic (exact) mass is 245 g/mol. The van der Waals surface area contributed by atoms with E-state index in [-0.39, 0.29) is 11.9 Å². The maximum absolute atomic E-state index is 11.0. The third-order valence-corrected chi connectivity index (χ3v) is 2.23. The number of rotatable bonds is 4. The third kappa shape index (κ3) is 3.98. The molecule has 2 N–H and O–H groups in total. The highest BCUT2D eigenvalue weighted by atomic mass is 32.2. The quantitative estimate of drug-likeness (QED) is 0.844. The number of hydrogen-bond acceptors (Lipinski definition) is 4. The van der Waals surface area contributed by atoms with Gasteiger partial charge in [-0.2, -0.15) is 0 Å². The van der Waals surface area contributed by atoms with Crippen LogP contribution < -0.4 is 9.46 Å².